The second-order valence-corrected chi connectivity index (χ2v) is 7.98. The van der Waals surface area contributed by atoms with Crippen LogP contribution in [-0.4, -0.2) is 24.2 Å². The summed E-state index contributed by atoms with van der Waals surface area (Å²) < 4.78 is 11.4. The van der Waals surface area contributed by atoms with E-state index in [1.165, 1.54) is 19.3 Å². The molecule has 30 heavy (non-hydrogen) atoms. The van der Waals surface area contributed by atoms with Gasteiger partial charge >= 0.3 is 0 Å². The molecule has 2 aromatic rings. The highest BCUT2D eigenvalue weighted by atomic mass is 32.1. The number of rotatable bonds is 11. The molecule has 0 aliphatic heterocycles. The third-order valence-electron chi connectivity index (χ3n) is 4.29. The zero-order chi connectivity index (χ0) is 21.8. The van der Waals surface area contributed by atoms with Crippen LogP contribution in [0, 0.1) is 5.92 Å². The highest BCUT2D eigenvalue weighted by molar-refractivity contribution is 7.80. The summed E-state index contributed by atoms with van der Waals surface area (Å²) in [6.45, 7) is 7.71. The van der Waals surface area contributed by atoms with Gasteiger partial charge in [0, 0.05) is 17.3 Å². The summed E-state index contributed by atoms with van der Waals surface area (Å²) in [6, 6.07) is 14.6. The molecule has 5 nitrogen and oxygen atoms in total. The van der Waals surface area contributed by atoms with E-state index < -0.39 is 0 Å². The van der Waals surface area contributed by atoms with Crippen LogP contribution in [0.25, 0.3) is 0 Å². The Morgan fingerprint density at radius 1 is 1.00 bits per heavy atom. The number of carbonyl (C=O) groups excluding carboxylic acids is 1. The maximum Gasteiger partial charge on any atom is 0.257 e. The lowest BCUT2D eigenvalue weighted by molar-refractivity contribution is 0.0977. The van der Waals surface area contributed by atoms with Crippen LogP contribution >= 0.6 is 12.2 Å². The van der Waals surface area contributed by atoms with Gasteiger partial charge in [-0.15, -0.1) is 0 Å². The van der Waals surface area contributed by atoms with Crippen molar-refractivity contribution in [3.8, 4) is 11.5 Å². The second-order valence-electron chi connectivity index (χ2n) is 7.57. The zero-order valence-corrected chi connectivity index (χ0v) is 18.9. The van der Waals surface area contributed by atoms with E-state index in [0.29, 0.717) is 24.7 Å². The summed E-state index contributed by atoms with van der Waals surface area (Å²) in [5, 5.41) is 5.95. The molecule has 0 spiro atoms. The lowest BCUT2D eigenvalue weighted by Crippen LogP contribution is -2.34. The Bertz CT molecular complexity index is 806. The van der Waals surface area contributed by atoms with Crippen molar-refractivity contribution < 1.29 is 14.3 Å². The van der Waals surface area contributed by atoms with E-state index >= 15 is 0 Å². The average Bonchev–Trinajstić information content (AvgIpc) is 2.72. The van der Waals surface area contributed by atoms with E-state index in [9.17, 15) is 4.79 Å². The molecule has 1 amide bonds. The largest absolute Gasteiger partial charge is 0.494 e. The maximum atomic E-state index is 12.4. The minimum atomic E-state index is -0.269. The number of carbonyl (C=O) groups is 1. The molecule has 0 aliphatic carbocycles. The van der Waals surface area contributed by atoms with Crippen LogP contribution in [0.5, 0.6) is 11.5 Å². The number of hydrogen-bond acceptors (Lipinski definition) is 4. The molecule has 0 unspecified atom stereocenters. The summed E-state index contributed by atoms with van der Waals surface area (Å²) in [5.74, 6) is 1.70. The Kier molecular flexibility index (Phi) is 10.1. The lowest BCUT2D eigenvalue weighted by atomic mass is 10.2. The Hall–Kier alpha value is -2.60. The van der Waals surface area contributed by atoms with Gasteiger partial charge in [0.2, 0.25) is 0 Å². The van der Waals surface area contributed by atoms with Gasteiger partial charge in [0.05, 0.1) is 13.2 Å². The van der Waals surface area contributed by atoms with Crippen LogP contribution in [0.2, 0.25) is 0 Å². The van der Waals surface area contributed by atoms with E-state index in [-0.39, 0.29) is 11.0 Å². The fourth-order valence-electron chi connectivity index (χ4n) is 2.69. The molecule has 2 aromatic carbocycles. The molecular formula is C24H32N2O3S. The van der Waals surface area contributed by atoms with E-state index in [0.717, 1.165) is 23.6 Å². The van der Waals surface area contributed by atoms with Crippen molar-refractivity contribution in [3.05, 3.63) is 54.1 Å². The normalized spacial score (nSPS) is 10.5. The van der Waals surface area contributed by atoms with Gasteiger partial charge in [-0.25, -0.2) is 0 Å². The number of nitrogens with one attached hydrogen (secondary N) is 2. The molecule has 0 aromatic heterocycles. The summed E-state index contributed by atoms with van der Waals surface area (Å²) in [7, 11) is 0. The van der Waals surface area contributed by atoms with Gasteiger partial charge in [-0.1, -0.05) is 46.1 Å². The summed E-state index contributed by atoms with van der Waals surface area (Å²) >= 11 is 5.27. The number of hydrogen-bond donors (Lipinski definition) is 2. The van der Waals surface area contributed by atoms with Crippen LogP contribution in [0.3, 0.4) is 0 Å². The van der Waals surface area contributed by atoms with Crippen LogP contribution in [0.1, 0.15) is 56.8 Å². The van der Waals surface area contributed by atoms with Gasteiger partial charge in [0.1, 0.15) is 11.5 Å². The number of amides is 1. The third-order valence-corrected chi connectivity index (χ3v) is 4.49. The van der Waals surface area contributed by atoms with Crippen molar-refractivity contribution in [2.45, 2.75) is 46.5 Å². The van der Waals surface area contributed by atoms with Crippen molar-refractivity contribution >= 4 is 28.9 Å². The van der Waals surface area contributed by atoms with Gasteiger partial charge < -0.3 is 14.8 Å². The standard InChI is InChI=1S/C24H32N2O3S/c1-4-5-6-7-15-28-21-13-11-19(12-14-21)23(27)26-24(30)25-20-9-8-10-22(16-20)29-17-18(2)3/h8-14,16,18H,4-7,15,17H2,1-3H3,(H2,25,26,27,30). The average molecular weight is 429 g/mol. The number of ether oxygens (including phenoxy) is 2. The van der Waals surface area contributed by atoms with Crippen LogP contribution < -0.4 is 20.1 Å². The zero-order valence-electron chi connectivity index (χ0n) is 18.1. The first kappa shape index (κ1) is 23.7. The Balaban J connectivity index is 1.81. The lowest BCUT2D eigenvalue weighted by Gasteiger charge is -2.12. The summed E-state index contributed by atoms with van der Waals surface area (Å²) in [6.07, 6.45) is 4.65. The molecule has 0 fully saturated rings. The van der Waals surface area contributed by atoms with Crippen molar-refractivity contribution in [3.63, 3.8) is 0 Å². The molecule has 0 saturated heterocycles. The molecule has 0 atom stereocenters. The van der Waals surface area contributed by atoms with E-state index in [1.807, 2.05) is 24.3 Å². The van der Waals surface area contributed by atoms with E-state index in [1.54, 1.807) is 24.3 Å². The Labute approximate surface area is 185 Å². The first-order chi connectivity index (χ1) is 14.5. The topological polar surface area (TPSA) is 59.6 Å². The molecule has 0 bridgehead atoms. The molecule has 0 heterocycles. The number of unbranched alkanes of at least 4 members (excludes halogenated alkanes) is 3. The predicted octanol–water partition coefficient (Wildman–Crippen LogP) is 5.81. The minimum absolute atomic E-state index is 0.234. The van der Waals surface area contributed by atoms with Crippen LogP contribution in [-0.2, 0) is 0 Å². The minimum Gasteiger partial charge on any atom is -0.494 e. The molecular weight excluding hydrogens is 396 g/mol. The van der Waals surface area contributed by atoms with Gasteiger partial charge in [-0.05, 0) is 61.0 Å². The number of anilines is 1. The van der Waals surface area contributed by atoms with Crippen LogP contribution in [0.4, 0.5) is 5.69 Å². The third kappa shape index (κ3) is 8.82. The molecule has 162 valence electrons. The number of thiocarbonyl (C=S) groups is 1. The SMILES string of the molecule is CCCCCCOc1ccc(C(=O)NC(=S)Nc2cccc(OCC(C)C)c2)cc1. The highest BCUT2D eigenvalue weighted by Gasteiger charge is 2.09. The van der Waals surface area contributed by atoms with Gasteiger partial charge in [0.15, 0.2) is 5.11 Å². The number of benzene rings is 2. The Morgan fingerprint density at radius 3 is 2.47 bits per heavy atom. The fourth-order valence-corrected chi connectivity index (χ4v) is 2.90. The molecule has 2 rings (SSSR count). The molecule has 0 saturated carbocycles. The predicted molar refractivity (Wildman–Crippen MR) is 127 cm³/mol. The Morgan fingerprint density at radius 2 is 1.77 bits per heavy atom. The van der Waals surface area contributed by atoms with Crippen molar-refractivity contribution in [1.29, 1.82) is 0 Å². The molecule has 0 radical (unpaired) electrons. The van der Waals surface area contributed by atoms with Crippen molar-refractivity contribution in [2.75, 3.05) is 18.5 Å². The smallest absolute Gasteiger partial charge is 0.257 e. The monoisotopic (exact) mass is 428 g/mol. The first-order valence-corrected chi connectivity index (χ1v) is 11.0. The van der Waals surface area contributed by atoms with Crippen molar-refractivity contribution in [2.24, 2.45) is 5.92 Å². The summed E-state index contributed by atoms with van der Waals surface area (Å²) in [4.78, 5) is 12.4. The van der Waals surface area contributed by atoms with Gasteiger partial charge in [-0.3, -0.25) is 10.1 Å². The van der Waals surface area contributed by atoms with Gasteiger partial charge in [0.25, 0.3) is 5.91 Å². The van der Waals surface area contributed by atoms with Crippen LogP contribution in [0.15, 0.2) is 48.5 Å². The molecule has 0 aliphatic rings. The van der Waals surface area contributed by atoms with E-state index in [2.05, 4.69) is 31.4 Å². The molecule has 2 N–H and O–H groups in total. The first-order valence-electron chi connectivity index (χ1n) is 10.6. The second kappa shape index (κ2) is 12.9. The molecule has 6 heteroatoms. The maximum absolute atomic E-state index is 12.4. The quantitative estimate of drug-likeness (QED) is 0.349. The summed E-state index contributed by atoms with van der Waals surface area (Å²) in [5.41, 5.74) is 1.28. The van der Waals surface area contributed by atoms with E-state index in [4.69, 9.17) is 21.7 Å². The van der Waals surface area contributed by atoms with Crippen molar-refractivity contribution in [1.82, 2.24) is 5.32 Å². The van der Waals surface area contributed by atoms with Gasteiger partial charge in [-0.2, -0.15) is 0 Å². The highest BCUT2D eigenvalue weighted by Crippen LogP contribution is 2.18. The fraction of sp³-hybridized carbons (Fsp3) is 0.417.